The van der Waals surface area contributed by atoms with Gasteiger partial charge in [0.2, 0.25) is 10.0 Å². The summed E-state index contributed by atoms with van der Waals surface area (Å²) >= 11 is 0. The second kappa shape index (κ2) is 7.44. The molecule has 0 atom stereocenters. The van der Waals surface area contributed by atoms with Crippen LogP contribution in [0.1, 0.15) is 30.9 Å². The van der Waals surface area contributed by atoms with Gasteiger partial charge >= 0.3 is 0 Å². The van der Waals surface area contributed by atoms with Gasteiger partial charge in [-0.1, -0.05) is 24.8 Å². The molecule has 0 aromatic heterocycles. The van der Waals surface area contributed by atoms with Crippen molar-refractivity contribution in [2.45, 2.75) is 31.6 Å². The average Bonchev–Trinajstić information content (AvgIpc) is 2.39. The standard InChI is InChI=1S/C15H21NO3S/c1-4-10-16(3)20(18,19)15-9-8-13(2)12-14(15)7-5-6-11-17/h8-9,12,17H,4,6,10-11H2,1-3H3. The van der Waals surface area contributed by atoms with E-state index in [2.05, 4.69) is 11.8 Å². The molecule has 1 aromatic rings. The topological polar surface area (TPSA) is 57.6 Å². The van der Waals surface area contributed by atoms with Gasteiger partial charge in [0, 0.05) is 25.6 Å². The minimum Gasteiger partial charge on any atom is -0.395 e. The Morgan fingerprint density at radius 2 is 2.05 bits per heavy atom. The van der Waals surface area contributed by atoms with Crippen LogP contribution < -0.4 is 0 Å². The van der Waals surface area contributed by atoms with Gasteiger partial charge in [-0.2, -0.15) is 0 Å². The number of aliphatic hydroxyl groups is 1. The van der Waals surface area contributed by atoms with Crippen molar-refractivity contribution in [2.24, 2.45) is 0 Å². The molecule has 0 bridgehead atoms. The molecule has 110 valence electrons. The molecule has 0 aliphatic carbocycles. The van der Waals surface area contributed by atoms with Crippen molar-refractivity contribution in [1.29, 1.82) is 0 Å². The van der Waals surface area contributed by atoms with Crippen LogP contribution in [0.15, 0.2) is 23.1 Å². The van der Waals surface area contributed by atoms with Crippen LogP contribution in [0.5, 0.6) is 0 Å². The van der Waals surface area contributed by atoms with Crippen LogP contribution in [0.3, 0.4) is 0 Å². The fourth-order valence-electron chi connectivity index (χ4n) is 1.78. The molecule has 1 aromatic carbocycles. The monoisotopic (exact) mass is 295 g/mol. The van der Waals surface area contributed by atoms with Crippen molar-refractivity contribution in [3.63, 3.8) is 0 Å². The maximum Gasteiger partial charge on any atom is 0.244 e. The number of hydrogen-bond donors (Lipinski definition) is 1. The predicted molar refractivity (Wildman–Crippen MR) is 79.9 cm³/mol. The van der Waals surface area contributed by atoms with Crippen LogP contribution in [-0.2, 0) is 10.0 Å². The van der Waals surface area contributed by atoms with Crippen molar-refractivity contribution < 1.29 is 13.5 Å². The van der Waals surface area contributed by atoms with E-state index in [-0.39, 0.29) is 11.5 Å². The summed E-state index contributed by atoms with van der Waals surface area (Å²) in [6.07, 6.45) is 1.09. The van der Waals surface area contributed by atoms with Gasteiger partial charge in [-0.3, -0.25) is 0 Å². The van der Waals surface area contributed by atoms with E-state index in [0.717, 1.165) is 12.0 Å². The van der Waals surface area contributed by atoms with Crippen molar-refractivity contribution in [3.8, 4) is 11.8 Å². The predicted octanol–water partition coefficient (Wildman–Crippen LogP) is 1.76. The van der Waals surface area contributed by atoms with Crippen LogP contribution in [0, 0.1) is 18.8 Å². The van der Waals surface area contributed by atoms with Crippen LogP contribution in [0.25, 0.3) is 0 Å². The van der Waals surface area contributed by atoms with E-state index >= 15 is 0 Å². The van der Waals surface area contributed by atoms with E-state index in [0.29, 0.717) is 18.5 Å². The van der Waals surface area contributed by atoms with Gasteiger partial charge in [-0.05, 0) is 31.0 Å². The zero-order valence-electron chi connectivity index (χ0n) is 12.2. The summed E-state index contributed by atoms with van der Waals surface area (Å²) in [5.41, 5.74) is 1.44. The van der Waals surface area contributed by atoms with E-state index < -0.39 is 10.0 Å². The van der Waals surface area contributed by atoms with Gasteiger partial charge < -0.3 is 5.11 Å². The molecule has 20 heavy (non-hydrogen) atoms. The number of benzene rings is 1. The Bertz CT molecular complexity index is 612. The molecule has 0 aliphatic rings. The van der Waals surface area contributed by atoms with Crippen LogP contribution in [0.2, 0.25) is 0 Å². The van der Waals surface area contributed by atoms with Crippen molar-refractivity contribution in [3.05, 3.63) is 29.3 Å². The van der Waals surface area contributed by atoms with Gasteiger partial charge in [-0.15, -0.1) is 0 Å². The Morgan fingerprint density at radius 1 is 1.35 bits per heavy atom. The first-order valence-corrected chi connectivity index (χ1v) is 8.04. The summed E-state index contributed by atoms with van der Waals surface area (Å²) in [6.45, 7) is 4.27. The maximum absolute atomic E-state index is 12.5. The van der Waals surface area contributed by atoms with E-state index in [1.807, 2.05) is 13.8 Å². The molecule has 0 aliphatic heterocycles. The normalized spacial score (nSPS) is 11.2. The second-order valence-corrected chi connectivity index (χ2v) is 6.61. The summed E-state index contributed by atoms with van der Waals surface area (Å²) in [7, 11) is -1.94. The number of nitrogens with zero attached hydrogens (tertiary/aromatic N) is 1. The van der Waals surface area contributed by atoms with Gasteiger partial charge in [0.05, 0.1) is 11.5 Å². The molecule has 4 nitrogen and oxygen atoms in total. The summed E-state index contributed by atoms with van der Waals surface area (Å²) in [5.74, 6) is 5.62. The van der Waals surface area contributed by atoms with Gasteiger partial charge in [0.15, 0.2) is 0 Å². The van der Waals surface area contributed by atoms with Gasteiger partial charge in [0.25, 0.3) is 0 Å². The third-order valence-corrected chi connectivity index (χ3v) is 4.74. The highest BCUT2D eigenvalue weighted by atomic mass is 32.2. The molecular weight excluding hydrogens is 274 g/mol. The largest absolute Gasteiger partial charge is 0.395 e. The van der Waals surface area contributed by atoms with Gasteiger partial charge in [-0.25, -0.2) is 12.7 Å². The maximum atomic E-state index is 12.5. The Labute approximate surface area is 121 Å². The Balaban J connectivity index is 3.28. The zero-order valence-corrected chi connectivity index (χ0v) is 13.0. The zero-order chi connectivity index (χ0) is 15.2. The third kappa shape index (κ3) is 4.07. The molecule has 0 radical (unpaired) electrons. The van der Waals surface area contributed by atoms with Gasteiger partial charge in [0.1, 0.15) is 0 Å². The molecule has 0 fully saturated rings. The number of aryl methyl sites for hydroxylation is 1. The molecular formula is C15H21NO3S. The molecule has 5 heteroatoms. The summed E-state index contributed by atoms with van der Waals surface area (Å²) < 4.78 is 26.3. The highest BCUT2D eigenvalue weighted by Gasteiger charge is 2.22. The van der Waals surface area contributed by atoms with E-state index in [1.54, 1.807) is 25.2 Å². The SMILES string of the molecule is CCCN(C)S(=O)(=O)c1ccc(C)cc1C#CCCO. The molecule has 0 spiro atoms. The third-order valence-electron chi connectivity index (χ3n) is 2.82. The smallest absolute Gasteiger partial charge is 0.244 e. The number of hydrogen-bond acceptors (Lipinski definition) is 3. The van der Waals surface area contributed by atoms with Crippen molar-refractivity contribution in [2.75, 3.05) is 20.2 Å². The first-order chi connectivity index (χ1) is 9.43. The molecule has 0 unspecified atom stereocenters. The summed E-state index contributed by atoms with van der Waals surface area (Å²) in [6, 6.07) is 5.13. The molecule has 0 heterocycles. The van der Waals surface area contributed by atoms with Crippen LogP contribution >= 0.6 is 0 Å². The Hall–Kier alpha value is -1.35. The fourth-order valence-corrected chi connectivity index (χ4v) is 3.17. The molecule has 0 saturated carbocycles. The summed E-state index contributed by atoms with van der Waals surface area (Å²) in [4.78, 5) is 0.226. The van der Waals surface area contributed by atoms with E-state index in [4.69, 9.17) is 5.11 Å². The van der Waals surface area contributed by atoms with Crippen LogP contribution in [0.4, 0.5) is 0 Å². The van der Waals surface area contributed by atoms with Crippen molar-refractivity contribution >= 4 is 10.0 Å². The second-order valence-electron chi connectivity index (χ2n) is 4.60. The molecule has 0 saturated heterocycles. The van der Waals surface area contributed by atoms with E-state index in [1.165, 1.54) is 4.31 Å². The minimum absolute atomic E-state index is 0.0311. The molecule has 0 amide bonds. The Kier molecular flexibility index (Phi) is 6.21. The number of sulfonamides is 1. The summed E-state index contributed by atoms with van der Waals surface area (Å²) in [5, 5.41) is 8.76. The number of aliphatic hydroxyl groups excluding tert-OH is 1. The molecule has 1 N–H and O–H groups in total. The Morgan fingerprint density at radius 3 is 2.65 bits per heavy atom. The van der Waals surface area contributed by atoms with E-state index in [9.17, 15) is 8.42 Å². The quantitative estimate of drug-likeness (QED) is 0.842. The lowest BCUT2D eigenvalue weighted by atomic mass is 10.1. The lowest BCUT2D eigenvalue weighted by Gasteiger charge is -2.17. The lowest BCUT2D eigenvalue weighted by Crippen LogP contribution is -2.28. The average molecular weight is 295 g/mol. The minimum atomic E-state index is -3.52. The van der Waals surface area contributed by atoms with Crippen LogP contribution in [-0.4, -0.2) is 38.0 Å². The lowest BCUT2D eigenvalue weighted by molar-refractivity contribution is 0.305. The first-order valence-electron chi connectivity index (χ1n) is 6.60. The number of rotatable bonds is 5. The fraction of sp³-hybridized carbons (Fsp3) is 0.467. The van der Waals surface area contributed by atoms with Crippen molar-refractivity contribution in [1.82, 2.24) is 4.31 Å². The highest BCUT2D eigenvalue weighted by Crippen LogP contribution is 2.20. The highest BCUT2D eigenvalue weighted by molar-refractivity contribution is 7.89. The first kappa shape index (κ1) is 16.7. The molecule has 1 rings (SSSR count).